The SMILES string of the molecule is Cc1cccc(C(=O)NC(C)CC(N)=S)c1O. The molecule has 1 aromatic rings. The molecule has 4 nitrogen and oxygen atoms in total. The number of benzene rings is 1. The lowest BCUT2D eigenvalue weighted by atomic mass is 10.1. The van der Waals surface area contributed by atoms with Crippen LogP contribution in [0.15, 0.2) is 18.2 Å². The van der Waals surface area contributed by atoms with Crippen LogP contribution in [-0.4, -0.2) is 22.0 Å². The van der Waals surface area contributed by atoms with Crippen LogP contribution in [0.25, 0.3) is 0 Å². The van der Waals surface area contributed by atoms with Crippen LogP contribution in [0, 0.1) is 6.92 Å². The summed E-state index contributed by atoms with van der Waals surface area (Å²) in [5.41, 5.74) is 6.32. The summed E-state index contributed by atoms with van der Waals surface area (Å²) < 4.78 is 0. The molecule has 0 bridgehead atoms. The molecule has 1 amide bonds. The number of nitrogens with one attached hydrogen (secondary N) is 1. The van der Waals surface area contributed by atoms with E-state index in [9.17, 15) is 9.90 Å². The van der Waals surface area contributed by atoms with Gasteiger partial charge in [-0.05, 0) is 25.5 Å². The molecule has 4 N–H and O–H groups in total. The minimum Gasteiger partial charge on any atom is -0.507 e. The minimum absolute atomic E-state index is 0.00697. The first-order chi connectivity index (χ1) is 7.91. The normalized spacial score (nSPS) is 11.9. The maximum atomic E-state index is 11.9. The van der Waals surface area contributed by atoms with Gasteiger partial charge in [-0.25, -0.2) is 0 Å². The molecule has 5 heteroatoms. The van der Waals surface area contributed by atoms with Gasteiger partial charge in [0.05, 0.1) is 10.6 Å². The van der Waals surface area contributed by atoms with Crippen molar-refractivity contribution in [3.63, 3.8) is 0 Å². The summed E-state index contributed by atoms with van der Waals surface area (Å²) in [4.78, 5) is 12.2. The number of phenolic OH excluding ortho intramolecular Hbond substituents is 1. The highest BCUT2D eigenvalue weighted by Crippen LogP contribution is 2.21. The molecule has 1 aromatic carbocycles. The van der Waals surface area contributed by atoms with Crippen LogP contribution in [0.5, 0.6) is 5.75 Å². The van der Waals surface area contributed by atoms with E-state index in [4.69, 9.17) is 18.0 Å². The van der Waals surface area contributed by atoms with Crippen molar-refractivity contribution in [2.75, 3.05) is 0 Å². The van der Waals surface area contributed by atoms with E-state index in [0.29, 0.717) is 17.0 Å². The third-order valence-electron chi connectivity index (χ3n) is 2.37. The fourth-order valence-corrected chi connectivity index (χ4v) is 1.75. The quantitative estimate of drug-likeness (QED) is 0.710. The Balaban J connectivity index is 2.77. The molecule has 0 aromatic heterocycles. The molecule has 1 rings (SSSR count). The van der Waals surface area contributed by atoms with Crippen LogP contribution in [0.4, 0.5) is 0 Å². The molecular formula is C12H16N2O2S. The number of nitrogens with two attached hydrogens (primary N) is 1. The van der Waals surface area contributed by atoms with E-state index in [1.807, 2.05) is 6.92 Å². The number of aromatic hydroxyl groups is 1. The molecular weight excluding hydrogens is 236 g/mol. The Morgan fingerprint density at radius 2 is 2.24 bits per heavy atom. The summed E-state index contributed by atoms with van der Waals surface area (Å²) in [5, 5.41) is 12.5. The van der Waals surface area contributed by atoms with Crippen molar-refractivity contribution >= 4 is 23.1 Å². The number of carbonyl (C=O) groups excluding carboxylic acids is 1. The second-order valence-corrected chi connectivity index (χ2v) is 4.54. The molecule has 0 radical (unpaired) electrons. The first-order valence-electron chi connectivity index (χ1n) is 5.29. The first kappa shape index (κ1) is 13.4. The van der Waals surface area contributed by atoms with E-state index < -0.39 is 0 Å². The highest BCUT2D eigenvalue weighted by Gasteiger charge is 2.14. The van der Waals surface area contributed by atoms with E-state index in [1.54, 1.807) is 25.1 Å². The molecule has 0 fully saturated rings. The Hall–Kier alpha value is -1.62. The summed E-state index contributed by atoms with van der Waals surface area (Å²) >= 11 is 4.76. The molecule has 1 atom stereocenters. The number of hydrogen-bond donors (Lipinski definition) is 3. The van der Waals surface area contributed by atoms with Crippen LogP contribution in [0.2, 0.25) is 0 Å². The molecule has 0 spiro atoms. The van der Waals surface area contributed by atoms with E-state index in [2.05, 4.69) is 5.32 Å². The highest BCUT2D eigenvalue weighted by atomic mass is 32.1. The number of amides is 1. The Labute approximate surface area is 106 Å². The van der Waals surface area contributed by atoms with Gasteiger partial charge in [-0.15, -0.1) is 0 Å². The molecule has 0 aliphatic carbocycles. The van der Waals surface area contributed by atoms with Gasteiger partial charge in [0.25, 0.3) is 5.91 Å². The third-order valence-corrected chi connectivity index (χ3v) is 2.53. The molecule has 17 heavy (non-hydrogen) atoms. The van der Waals surface area contributed by atoms with Gasteiger partial charge in [-0.3, -0.25) is 4.79 Å². The number of rotatable bonds is 4. The van der Waals surface area contributed by atoms with Crippen LogP contribution < -0.4 is 11.1 Å². The Morgan fingerprint density at radius 3 is 2.82 bits per heavy atom. The van der Waals surface area contributed by atoms with Crippen molar-refractivity contribution < 1.29 is 9.90 Å². The summed E-state index contributed by atoms with van der Waals surface area (Å²) in [7, 11) is 0. The standard InChI is InChI=1S/C12H16N2O2S/c1-7-4-3-5-9(11(7)15)12(16)14-8(2)6-10(13)17/h3-5,8,15H,6H2,1-2H3,(H2,13,17)(H,14,16). The summed E-state index contributed by atoms with van der Waals surface area (Å²) in [6, 6.07) is 4.89. The molecule has 0 saturated carbocycles. The van der Waals surface area contributed by atoms with Crippen LogP contribution in [-0.2, 0) is 0 Å². The molecule has 1 unspecified atom stereocenters. The van der Waals surface area contributed by atoms with Crippen LogP contribution in [0.1, 0.15) is 29.3 Å². The summed E-state index contributed by atoms with van der Waals surface area (Å²) in [6.07, 6.45) is 0.438. The summed E-state index contributed by atoms with van der Waals surface area (Å²) in [6.45, 7) is 3.55. The minimum atomic E-state index is -0.324. The zero-order valence-corrected chi connectivity index (χ0v) is 10.7. The second kappa shape index (κ2) is 5.63. The van der Waals surface area contributed by atoms with Crippen molar-refractivity contribution in [1.29, 1.82) is 0 Å². The molecule has 0 saturated heterocycles. The lowest BCUT2D eigenvalue weighted by Crippen LogP contribution is -2.35. The number of para-hydroxylation sites is 1. The maximum absolute atomic E-state index is 11.9. The molecule has 0 aliphatic heterocycles. The number of hydrogen-bond acceptors (Lipinski definition) is 3. The fraction of sp³-hybridized carbons (Fsp3) is 0.333. The van der Waals surface area contributed by atoms with Crippen LogP contribution >= 0.6 is 12.2 Å². The lowest BCUT2D eigenvalue weighted by Gasteiger charge is -2.14. The summed E-state index contributed by atoms with van der Waals surface area (Å²) in [5.74, 6) is -0.317. The van der Waals surface area contributed by atoms with Gasteiger partial charge in [0.1, 0.15) is 5.75 Å². The highest BCUT2D eigenvalue weighted by molar-refractivity contribution is 7.80. The van der Waals surface area contributed by atoms with Gasteiger partial charge < -0.3 is 16.2 Å². The van der Waals surface area contributed by atoms with E-state index in [0.717, 1.165) is 0 Å². The number of thiocarbonyl (C=S) groups is 1. The van der Waals surface area contributed by atoms with E-state index >= 15 is 0 Å². The zero-order chi connectivity index (χ0) is 13.0. The van der Waals surface area contributed by atoms with Crippen molar-refractivity contribution in [2.24, 2.45) is 5.73 Å². The Morgan fingerprint density at radius 1 is 1.59 bits per heavy atom. The molecule has 92 valence electrons. The van der Waals surface area contributed by atoms with Gasteiger partial charge in [0, 0.05) is 12.5 Å². The van der Waals surface area contributed by atoms with Crippen molar-refractivity contribution in [3.05, 3.63) is 29.3 Å². The predicted octanol–water partition coefficient (Wildman–Crippen LogP) is 1.50. The first-order valence-corrected chi connectivity index (χ1v) is 5.70. The number of phenols is 1. The van der Waals surface area contributed by atoms with Crippen molar-refractivity contribution in [2.45, 2.75) is 26.3 Å². The number of carbonyl (C=O) groups is 1. The average molecular weight is 252 g/mol. The van der Waals surface area contributed by atoms with Gasteiger partial charge >= 0.3 is 0 Å². The third kappa shape index (κ3) is 3.71. The average Bonchev–Trinajstić information content (AvgIpc) is 2.20. The fourth-order valence-electron chi connectivity index (χ4n) is 1.50. The van der Waals surface area contributed by atoms with E-state index in [1.165, 1.54) is 0 Å². The Kier molecular flexibility index (Phi) is 4.45. The lowest BCUT2D eigenvalue weighted by molar-refractivity contribution is 0.0938. The van der Waals surface area contributed by atoms with Gasteiger partial charge in [-0.1, -0.05) is 24.4 Å². The maximum Gasteiger partial charge on any atom is 0.255 e. The van der Waals surface area contributed by atoms with Gasteiger partial charge in [0.15, 0.2) is 0 Å². The van der Waals surface area contributed by atoms with Crippen LogP contribution in [0.3, 0.4) is 0 Å². The monoisotopic (exact) mass is 252 g/mol. The topological polar surface area (TPSA) is 75.4 Å². The van der Waals surface area contributed by atoms with Crippen molar-refractivity contribution in [3.8, 4) is 5.75 Å². The smallest absolute Gasteiger partial charge is 0.255 e. The molecule has 0 heterocycles. The number of aryl methyl sites for hydroxylation is 1. The largest absolute Gasteiger partial charge is 0.507 e. The van der Waals surface area contributed by atoms with E-state index in [-0.39, 0.29) is 23.3 Å². The van der Waals surface area contributed by atoms with Gasteiger partial charge in [-0.2, -0.15) is 0 Å². The second-order valence-electron chi connectivity index (χ2n) is 4.02. The predicted molar refractivity (Wildman–Crippen MR) is 71.2 cm³/mol. The van der Waals surface area contributed by atoms with Gasteiger partial charge in [0.2, 0.25) is 0 Å². The van der Waals surface area contributed by atoms with Crippen molar-refractivity contribution in [1.82, 2.24) is 5.32 Å². The Bertz CT molecular complexity index is 446. The molecule has 0 aliphatic rings. The zero-order valence-electron chi connectivity index (χ0n) is 9.86.